The standard InChI is InChI=1S/C18H26N4O.C14H29N3O3/c1-18(2,3)17-21-12-15(16(23)22-17)14-7-5-13(6-8-14)11-20-10-4-9-19;1-14(2,3)16-13(19)15-12-5-4-6-17(11-12)7-9-20-10-8-18/h5-8,12,20H,4,9-11,19H2,1-3H3,(H,21,22,23);12,18H,4-11H2,1-3H3,(H2,15,16,19). The fourth-order valence-electron chi connectivity index (χ4n) is 4.54. The molecule has 1 aliphatic heterocycles. The van der Waals surface area contributed by atoms with Gasteiger partial charge in [0.15, 0.2) is 0 Å². The van der Waals surface area contributed by atoms with Crippen LogP contribution in [0.25, 0.3) is 11.1 Å². The Morgan fingerprint density at radius 2 is 1.88 bits per heavy atom. The third-order valence-corrected chi connectivity index (χ3v) is 6.78. The Morgan fingerprint density at radius 1 is 1.16 bits per heavy atom. The number of nitrogens with two attached hydrogens (primary N) is 1. The van der Waals surface area contributed by atoms with Gasteiger partial charge in [0, 0.05) is 42.8 Å². The highest BCUT2D eigenvalue weighted by Gasteiger charge is 2.23. The molecule has 3 rings (SSSR count). The van der Waals surface area contributed by atoms with E-state index in [2.05, 4.69) is 30.8 Å². The average Bonchev–Trinajstić information content (AvgIpc) is 2.93. The van der Waals surface area contributed by atoms with Crippen molar-refractivity contribution in [2.24, 2.45) is 5.73 Å². The van der Waals surface area contributed by atoms with E-state index >= 15 is 0 Å². The maximum atomic E-state index is 12.3. The van der Waals surface area contributed by atoms with Crippen LogP contribution in [-0.2, 0) is 16.7 Å². The molecular weight excluding hydrogens is 546 g/mol. The lowest BCUT2D eigenvalue weighted by atomic mass is 9.95. The Hall–Kier alpha value is -2.83. The molecule has 2 heterocycles. The third kappa shape index (κ3) is 14.5. The molecule has 0 saturated carbocycles. The average molecular weight is 602 g/mol. The number of aromatic nitrogens is 2. The molecule has 1 saturated heterocycles. The SMILES string of the molecule is CC(C)(C)NC(=O)NC1CCCN(CCOCCO)C1.CC(C)(C)c1ncc(-c2ccc(CNCCCN)cc2)c(=O)[nH]1. The number of urea groups is 1. The van der Waals surface area contributed by atoms with E-state index in [0.717, 1.165) is 57.5 Å². The highest BCUT2D eigenvalue weighted by Crippen LogP contribution is 2.19. The molecule has 1 aromatic carbocycles. The second kappa shape index (κ2) is 18.1. The van der Waals surface area contributed by atoms with Crippen LogP contribution >= 0.6 is 0 Å². The zero-order valence-corrected chi connectivity index (χ0v) is 27.1. The van der Waals surface area contributed by atoms with E-state index in [4.69, 9.17) is 15.6 Å². The van der Waals surface area contributed by atoms with Gasteiger partial charge in [-0.3, -0.25) is 9.69 Å². The first kappa shape index (κ1) is 36.4. The molecule has 11 nitrogen and oxygen atoms in total. The van der Waals surface area contributed by atoms with E-state index in [9.17, 15) is 9.59 Å². The summed E-state index contributed by atoms with van der Waals surface area (Å²) in [5.41, 5.74) is 7.64. The van der Waals surface area contributed by atoms with Crippen LogP contribution in [0.2, 0.25) is 0 Å². The van der Waals surface area contributed by atoms with Crippen molar-refractivity contribution in [2.45, 2.75) is 84.3 Å². The van der Waals surface area contributed by atoms with Crippen molar-refractivity contribution in [3.8, 4) is 11.1 Å². The number of aliphatic hydroxyl groups excluding tert-OH is 1. The molecule has 0 aliphatic carbocycles. The molecule has 0 bridgehead atoms. The van der Waals surface area contributed by atoms with Gasteiger partial charge in [-0.05, 0) is 70.8 Å². The summed E-state index contributed by atoms with van der Waals surface area (Å²) in [7, 11) is 0. The van der Waals surface area contributed by atoms with Crippen LogP contribution in [0, 0.1) is 0 Å². The monoisotopic (exact) mass is 601 g/mol. The third-order valence-electron chi connectivity index (χ3n) is 6.78. The minimum Gasteiger partial charge on any atom is -0.394 e. The normalized spacial score (nSPS) is 15.9. The number of nitrogens with one attached hydrogen (secondary N) is 4. The molecule has 2 aromatic rings. The number of aromatic amines is 1. The second-order valence-corrected chi connectivity index (χ2v) is 13.1. The summed E-state index contributed by atoms with van der Waals surface area (Å²) in [6.45, 7) is 18.2. The van der Waals surface area contributed by atoms with Crippen molar-refractivity contribution in [1.29, 1.82) is 0 Å². The first-order valence-electron chi connectivity index (χ1n) is 15.4. The Bertz CT molecular complexity index is 1140. The lowest BCUT2D eigenvalue weighted by Gasteiger charge is -2.33. The second-order valence-electron chi connectivity index (χ2n) is 13.1. The zero-order chi connectivity index (χ0) is 31.9. The van der Waals surface area contributed by atoms with E-state index in [1.807, 2.05) is 65.8 Å². The number of likely N-dealkylation sites (tertiary alicyclic amines) is 1. The van der Waals surface area contributed by atoms with Gasteiger partial charge in [-0.25, -0.2) is 9.78 Å². The van der Waals surface area contributed by atoms with E-state index in [0.29, 0.717) is 31.1 Å². The van der Waals surface area contributed by atoms with Crippen LogP contribution in [0.3, 0.4) is 0 Å². The maximum absolute atomic E-state index is 12.3. The van der Waals surface area contributed by atoms with E-state index < -0.39 is 0 Å². The number of benzene rings is 1. The summed E-state index contributed by atoms with van der Waals surface area (Å²) in [5.74, 6) is 0.701. The van der Waals surface area contributed by atoms with Gasteiger partial charge in [-0.1, -0.05) is 45.0 Å². The van der Waals surface area contributed by atoms with Crippen LogP contribution in [0.1, 0.15) is 72.2 Å². The molecule has 43 heavy (non-hydrogen) atoms. The van der Waals surface area contributed by atoms with Crippen molar-refractivity contribution in [1.82, 2.24) is 30.8 Å². The summed E-state index contributed by atoms with van der Waals surface area (Å²) in [4.78, 5) is 33.7. The lowest BCUT2D eigenvalue weighted by molar-refractivity contribution is 0.0660. The molecule has 2 amide bonds. The highest BCUT2D eigenvalue weighted by atomic mass is 16.5. The number of carbonyl (C=O) groups excluding carboxylic acids is 1. The molecule has 11 heteroatoms. The smallest absolute Gasteiger partial charge is 0.315 e. The van der Waals surface area contributed by atoms with Crippen molar-refractivity contribution >= 4 is 6.03 Å². The van der Waals surface area contributed by atoms with Crippen LogP contribution in [0.5, 0.6) is 0 Å². The van der Waals surface area contributed by atoms with Crippen LogP contribution < -0.4 is 27.2 Å². The van der Waals surface area contributed by atoms with Gasteiger partial charge >= 0.3 is 6.03 Å². The molecule has 0 spiro atoms. The first-order chi connectivity index (χ1) is 20.3. The van der Waals surface area contributed by atoms with Crippen molar-refractivity contribution in [2.75, 3.05) is 52.5 Å². The molecule has 1 atom stereocenters. The van der Waals surface area contributed by atoms with Crippen molar-refractivity contribution in [3.63, 3.8) is 0 Å². The number of hydrogen-bond donors (Lipinski definition) is 6. The summed E-state index contributed by atoms with van der Waals surface area (Å²) >= 11 is 0. The molecule has 1 fully saturated rings. The maximum Gasteiger partial charge on any atom is 0.315 e. The number of H-pyrrole nitrogens is 1. The van der Waals surface area contributed by atoms with E-state index in [-0.39, 0.29) is 35.2 Å². The summed E-state index contributed by atoms with van der Waals surface area (Å²) in [6, 6.07) is 8.08. The predicted molar refractivity (Wildman–Crippen MR) is 173 cm³/mol. The lowest BCUT2D eigenvalue weighted by Crippen LogP contribution is -2.54. The fourth-order valence-corrected chi connectivity index (χ4v) is 4.54. The minimum atomic E-state index is -0.212. The Morgan fingerprint density at radius 3 is 2.49 bits per heavy atom. The van der Waals surface area contributed by atoms with Crippen LogP contribution in [0.4, 0.5) is 4.79 Å². The van der Waals surface area contributed by atoms with Gasteiger partial charge in [0.1, 0.15) is 5.82 Å². The molecule has 0 radical (unpaired) electrons. The first-order valence-corrected chi connectivity index (χ1v) is 15.4. The van der Waals surface area contributed by atoms with Crippen molar-refractivity contribution < 1.29 is 14.6 Å². The number of nitrogens with zero attached hydrogens (tertiary/aromatic N) is 2. The Balaban J connectivity index is 0.000000304. The Kier molecular flexibility index (Phi) is 15.3. The minimum absolute atomic E-state index is 0.0666. The van der Waals surface area contributed by atoms with Gasteiger partial charge in [0.2, 0.25) is 0 Å². The van der Waals surface area contributed by atoms with Crippen molar-refractivity contribution in [3.05, 3.63) is 52.2 Å². The van der Waals surface area contributed by atoms with Gasteiger partial charge < -0.3 is 36.5 Å². The van der Waals surface area contributed by atoms with Crippen LogP contribution in [-0.4, -0.2) is 90.1 Å². The number of piperidine rings is 1. The largest absolute Gasteiger partial charge is 0.394 e. The number of ether oxygens (including phenoxy) is 1. The van der Waals surface area contributed by atoms with Gasteiger partial charge in [0.05, 0.1) is 25.4 Å². The number of aliphatic hydroxyl groups is 1. The number of hydrogen-bond acceptors (Lipinski definition) is 8. The molecule has 7 N–H and O–H groups in total. The topological polar surface area (TPSA) is 158 Å². The summed E-state index contributed by atoms with van der Waals surface area (Å²) in [6.07, 6.45) is 4.74. The zero-order valence-electron chi connectivity index (χ0n) is 27.1. The fraction of sp³-hybridized carbons (Fsp3) is 0.656. The van der Waals surface area contributed by atoms with Gasteiger partial charge in [-0.2, -0.15) is 0 Å². The van der Waals surface area contributed by atoms with Gasteiger partial charge in [-0.15, -0.1) is 0 Å². The number of amides is 2. The molecule has 1 unspecified atom stereocenters. The molecule has 242 valence electrons. The number of rotatable bonds is 12. The summed E-state index contributed by atoms with van der Waals surface area (Å²) < 4.78 is 5.28. The number of carbonyl (C=O) groups is 1. The summed E-state index contributed by atoms with van der Waals surface area (Å²) in [5, 5.41) is 17.9. The molecule has 1 aromatic heterocycles. The molecular formula is C32H55N7O4. The Labute approximate surface area is 257 Å². The van der Waals surface area contributed by atoms with E-state index in [1.165, 1.54) is 5.56 Å². The highest BCUT2D eigenvalue weighted by molar-refractivity contribution is 5.75. The molecule has 1 aliphatic rings. The predicted octanol–water partition coefficient (Wildman–Crippen LogP) is 2.73. The van der Waals surface area contributed by atoms with Gasteiger partial charge in [0.25, 0.3) is 5.56 Å². The van der Waals surface area contributed by atoms with E-state index in [1.54, 1.807) is 6.20 Å². The van der Waals surface area contributed by atoms with Crippen LogP contribution in [0.15, 0.2) is 35.3 Å². The quantitative estimate of drug-likeness (QED) is 0.203.